The van der Waals surface area contributed by atoms with Gasteiger partial charge < -0.3 is 5.32 Å². The standard InChI is InChI=1S/C11H22N4S/c1-9(2)15-11(13-8-14-15)6-12-5-10(3)7-16-4/h8-10,12H,5-7H2,1-4H3. The van der Waals surface area contributed by atoms with Crippen LogP contribution in [-0.2, 0) is 6.54 Å². The lowest BCUT2D eigenvalue weighted by molar-refractivity contribution is 0.477. The summed E-state index contributed by atoms with van der Waals surface area (Å²) in [6.45, 7) is 8.34. The van der Waals surface area contributed by atoms with Crippen LogP contribution in [0.3, 0.4) is 0 Å². The zero-order valence-corrected chi connectivity index (χ0v) is 11.4. The van der Waals surface area contributed by atoms with Gasteiger partial charge in [0.05, 0.1) is 6.54 Å². The Bertz CT molecular complexity index is 298. The van der Waals surface area contributed by atoms with Crippen molar-refractivity contribution in [2.75, 3.05) is 18.6 Å². The summed E-state index contributed by atoms with van der Waals surface area (Å²) in [6, 6.07) is 0.378. The Labute approximate surface area is 102 Å². The summed E-state index contributed by atoms with van der Waals surface area (Å²) in [4.78, 5) is 4.26. The zero-order valence-electron chi connectivity index (χ0n) is 10.6. The van der Waals surface area contributed by atoms with Crippen LogP contribution < -0.4 is 5.32 Å². The summed E-state index contributed by atoms with van der Waals surface area (Å²) >= 11 is 1.89. The molecule has 0 aliphatic heterocycles. The van der Waals surface area contributed by atoms with Gasteiger partial charge in [-0.15, -0.1) is 0 Å². The van der Waals surface area contributed by atoms with Crippen LogP contribution in [0.2, 0.25) is 0 Å². The third-order valence-electron chi connectivity index (χ3n) is 2.36. The summed E-state index contributed by atoms with van der Waals surface area (Å²) in [5.74, 6) is 2.92. The van der Waals surface area contributed by atoms with Crippen LogP contribution >= 0.6 is 11.8 Å². The van der Waals surface area contributed by atoms with Crippen LogP contribution in [0.25, 0.3) is 0 Å². The molecule has 1 rings (SSSR count). The first-order valence-electron chi connectivity index (χ1n) is 5.73. The average Bonchev–Trinajstić information content (AvgIpc) is 2.66. The van der Waals surface area contributed by atoms with Crippen molar-refractivity contribution >= 4 is 11.8 Å². The molecule has 0 fully saturated rings. The van der Waals surface area contributed by atoms with Crippen LogP contribution in [0.15, 0.2) is 6.33 Å². The molecule has 0 aromatic carbocycles. The van der Waals surface area contributed by atoms with Crippen molar-refractivity contribution in [2.45, 2.75) is 33.4 Å². The number of nitrogens with one attached hydrogen (secondary N) is 1. The highest BCUT2D eigenvalue weighted by atomic mass is 32.2. The fourth-order valence-electron chi connectivity index (χ4n) is 1.61. The van der Waals surface area contributed by atoms with E-state index < -0.39 is 0 Å². The number of nitrogens with zero attached hydrogens (tertiary/aromatic N) is 3. The van der Waals surface area contributed by atoms with Crippen LogP contribution in [0, 0.1) is 5.92 Å². The van der Waals surface area contributed by atoms with Crippen LogP contribution in [-0.4, -0.2) is 33.3 Å². The van der Waals surface area contributed by atoms with Gasteiger partial charge in [-0.25, -0.2) is 9.67 Å². The van der Waals surface area contributed by atoms with E-state index in [1.165, 1.54) is 5.75 Å². The molecule has 0 saturated carbocycles. The fourth-order valence-corrected chi connectivity index (χ4v) is 2.29. The molecular formula is C11H22N4S. The van der Waals surface area contributed by atoms with E-state index in [2.05, 4.69) is 42.4 Å². The minimum absolute atomic E-state index is 0.378. The molecule has 1 atom stereocenters. The molecule has 0 spiro atoms. The normalized spacial score (nSPS) is 13.3. The van der Waals surface area contributed by atoms with Crippen molar-refractivity contribution in [2.24, 2.45) is 5.92 Å². The maximum Gasteiger partial charge on any atom is 0.141 e. The minimum atomic E-state index is 0.378. The quantitative estimate of drug-likeness (QED) is 0.793. The SMILES string of the molecule is CSCC(C)CNCc1ncnn1C(C)C. The number of thioether (sulfide) groups is 1. The highest BCUT2D eigenvalue weighted by Gasteiger charge is 2.07. The van der Waals surface area contributed by atoms with Gasteiger partial charge >= 0.3 is 0 Å². The lowest BCUT2D eigenvalue weighted by Gasteiger charge is -2.12. The molecule has 16 heavy (non-hydrogen) atoms. The minimum Gasteiger partial charge on any atom is -0.310 e. The Morgan fingerprint density at radius 3 is 2.81 bits per heavy atom. The first-order valence-corrected chi connectivity index (χ1v) is 7.12. The largest absolute Gasteiger partial charge is 0.310 e. The molecule has 0 aliphatic rings. The third-order valence-corrected chi connectivity index (χ3v) is 3.27. The van der Waals surface area contributed by atoms with E-state index >= 15 is 0 Å². The van der Waals surface area contributed by atoms with E-state index in [0.717, 1.165) is 18.9 Å². The fraction of sp³-hybridized carbons (Fsp3) is 0.818. The first-order chi connectivity index (χ1) is 7.65. The van der Waals surface area contributed by atoms with Crippen molar-refractivity contribution in [3.05, 3.63) is 12.2 Å². The lowest BCUT2D eigenvalue weighted by Crippen LogP contribution is -2.24. The predicted molar refractivity (Wildman–Crippen MR) is 69.7 cm³/mol. The molecule has 1 aromatic heterocycles. The van der Waals surface area contributed by atoms with Gasteiger partial charge in [-0.05, 0) is 38.3 Å². The number of hydrogen-bond donors (Lipinski definition) is 1. The second-order valence-electron chi connectivity index (χ2n) is 4.41. The van der Waals surface area contributed by atoms with Gasteiger partial charge in [-0.1, -0.05) is 6.92 Å². The van der Waals surface area contributed by atoms with Gasteiger partial charge in [-0.3, -0.25) is 0 Å². The molecule has 5 heteroatoms. The molecule has 0 bridgehead atoms. The topological polar surface area (TPSA) is 42.7 Å². The zero-order chi connectivity index (χ0) is 12.0. The maximum atomic E-state index is 4.26. The molecule has 0 saturated heterocycles. The number of rotatable bonds is 7. The third kappa shape index (κ3) is 4.14. The molecule has 92 valence electrons. The molecule has 1 N–H and O–H groups in total. The van der Waals surface area contributed by atoms with Gasteiger partial charge in [0.25, 0.3) is 0 Å². The Balaban J connectivity index is 2.34. The first kappa shape index (κ1) is 13.5. The summed E-state index contributed by atoms with van der Waals surface area (Å²) < 4.78 is 1.96. The van der Waals surface area contributed by atoms with Crippen LogP contribution in [0.5, 0.6) is 0 Å². The van der Waals surface area contributed by atoms with Gasteiger partial charge in [0, 0.05) is 6.04 Å². The van der Waals surface area contributed by atoms with Crippen molar-refractivity contribution in [3.8, 4) is 0 Å². The second kappa shape index (κ2) is 6.91. The van der Waals surface area contributed by atoms with Gasteiger partial charge in [-0.2, -0.15) is 16.9 Å². The Hall–Kier alpha value is -0.550. The van der Waals surface area contributed by atoms with Gasteiger partial charge in [0.15, 0.2) is 0 Å². The van der Waals surface area contributed by atoms with Crippen molar-refractivity contribution < 1.29 is 0 Å². The summed E-state index contributed by atoms with van der Waals surface area (Å²) in [6.07, 6.45) is 3.77. The van der Waals surface area contributed by atoms with E-state index in [4.69, 9.17) is 0 Å². The van der Waals surface area contributed by atoms with E-state index in [0.29, 0.717) is 12.0 Å². The van der Waals surface area contributed by atoms with Crippen molar-refractivity contribution in [1.29, 1.82) is 0 Å². The maximum absolute atomic E-state index is 4.26. The van der Waals surface area contributed by atoms with E-state index in [-0.39, 0.29) is 0 Å². The van der Waals surface area contributed by atoms with Crippen LogP contribution in [0.1, 0.15) is 32.6 Å². The average molecular weight is 242 g/mol. The van der Waals surface area contributed by atoms with Gasteiger partial charge in [0.1, 0.15) is 12.2 Å². The predicted octanol–water partition coefficient (Wildman–Crippen LogP) is 1.95. The monoisotopic (exact) mass is 242 g/mol. The summed E-state index contributed by atoms with van der Waals surface area (Å²) in [7, 11) is 0. The number of hydrogen-bond acceptors (Lipinski definition) is 4. The van der Waals surface area contributed by atoms with E-state index in [1.807, 2.05) is 16.4 Å². The van der Waals surface area contributed by atoms with Crippen molar-refractivity contribution in [3.63, 3.8) is 0 Å². The Morgan fingerprint density at radius 2 is 2.19 bits per heavy atom. The molecule has 1 aromatic rings. The smallest absolute Gasteiger partial charge is 0.141 e. The molecule has 1 heterocycles. The summed E-state index contributed by atoms with van der Waals surface area (Å²) in [5.41, 5.74) is 0. The Morgan fingerprint density at radius 1 is 1.44 bits per heavy atom. The molecule has 0 radical (unpaired) electrons. The van der Waals surface area contributed by atoms with E-state index in [1.54, 1.807) is 6.33 Å². The molecule has 1 unspecified atom stereocenters. The molecule has 0 aliphatic carbocycles. The number of aromatic nitrogens is 3. The molecule has 4 nitrogen and oxygen atoms in total. The van der Waals surface area contributed by atoms with Crippen LogP contribution in [0.4, 0.5) is 0 Å². The summed E-state index contributed by atoms with van der Waals surface area (Å²) in [5, 5.41) is 7.64. The highest BCUT2D eigenvalue weighted by molar-refractivity contribution is 7.98. The second-order valence-corrected chi connectivity index (χ2v) is 5.32. The van der Waals surface area contributed by atoms with Crippen molar-refractivity contribution in [1.82, 2.24) is 20.1 Å². The molecule has 0 amide bonds. The van der Waals surface area contributed by atoms with Gasteiger partial charge in [0.2, 0.25) is 0 Å². The lowest BCUT2D eigenvalue weighted by atomic mass is 10.2. The molecular weight excluding hydrogens is 220 g/mol. The Kier molecular flexibility index (Phi) is 5.84. The van der Waals surface area contributed by atoms with E-state index in [9.17, 15) is 0 Å². The highest BCUT2D eigenvalue weighted by Crippen LogP contribution is 2.06.